The van der Waals surface area contributed by atoms with E-state index >= 15 is 0 Å². The van der Waals surface area contributed by atoms with Gasteiger partial charge in [-0.2, -0.15) is 0 Å². The highest BCUT2D eigenvalue weighted by Crippen LogP contribution is 2.23. The summed E-state index contributed by atoms with van der Waals surface area (Å²) in [6.45, 7) is 0. The van der Waals surface area contributed by atoms with E-state index in [1.807, 2.05) is 0 Å². The maximum atomic E-state index is 13.0. The first-order valence-corrected chi connectivity index (χ1v) is 4.89. The molecule has 1 aromatic heterocycles. The standard InChI is InChI=1S/C12H12FN3/c13-9-3-1-2-8(6-9)12(15)10-7-16-5-4-11(10)14/h1-7,12H,15H2,(H2,14,16). The van der Waals surface area contributed by atoms with Gasteiger partial charge in [0.15, 0.2) is 0 Å². The highest BCUT2D eigenvalue weighted by Gasteiger charge is 2.12. The van der Waals surface area contributed by atoms with Gasteiger partial charge in [-0.3, -0.25) is 4.98 Å². The Hall–Kier alpha value is -1.94. The predicted molar refractivity (Wildman–Crippen MR) is 61.1 cm³/mol. The van der Waals surface area contributed by atoms with Gasteiger partial charge in [0.05, 0.1) is 6.04 Å². The number of pyridine rings is 1. The summed E-state index contributed by atoms with van der Waals surface area (Å²) < 4.78 is 13.0. The van der Waals surface area contributed by atoms with Crippen molar-refractivity contribution in [2.24, 2.45) is 5.73 Å². The molecule has 3 nitrogen and oxygen atoms in total. The summed E-state index contributed by atoms with van der Waals surface area (Å²) in [5.41, 5.74) is 13.7. The lowest BCUT2D eigenvalue weighted by Gasteiger charge is -2.14. The van der Waals surface area contributed by atoms with Gasteiger partial charge in [-0.15, -0.1) is 0 Å². The van der Waals surface area contributed by atoms with Crippen molar-refractivity contribution in [1.82, 2.24) is 4.98 Å². The highest BCUT2D eigenvalue weighted by molar-refractivity contribution is 5.49. The van der Waals surface area contributed by atoms with Crippen molar-refractivity contribution >= 4 is 5.69 Å². The SMILES string of the molecule is Nc1ccncc1C(N)c1cccc(F)c1. The normalized spacial score (nSPS) is 12.4. The number of rotatable bonds is 2. The van der Waals surface area contributed by atoms with Crippen LogP contribution in [0.4, 0.5) is 10.1 Å². The van der Waals surface area contributed by atoms with Gasteiger partial charge in [0.25, 0.3) is 0 Å². The highest BCUT2D eigenvalue weighted by atomic mass is 19.1. The monoisotopic (exact) mass is 217 g/mol. The Kier molecular flexibility index (Phi) is 2.83. The maximum absolute atomic E-state index is 13.0. The molecular weight excluding hydrogens is 205 g/mol. The quantitative estimate of drug-likeness (QED) is 0.806. The number of nitrogens with zero attached hydrogens (tertiary/aromatic N) is 1. The van der Waals surface area contributed by atoms with Gasteiger partial charge in [0.1, 0.15) is 5.82 Å². The molecule has 1 atom stereocenters. The van der Waals surface area contributed by atoms with Crippen LogP contribution in [0.3, 0.4) is 0 Å². The Morgan fingerprint density at radius 2 is 2.06 bits per heavy atom. The van der Waals surface area contributed by atoms with Crippen LogP contribution in [0.5, 0.6) is 0 Å². The summed E-state index contributed by atoms with van der Waals surface area (Å²) in [6.07, 6.45) is 3.20. The average molecular weight is 217 g/mol. The number of nitrogen functional groups attached to an aromatic ring is 1. The maximum Gasteiger partial charge on any atom is 0.123 e. The van der Waals surface area contributed by atoms with Gasteiger partial charge in [-0.25, -0.2) is 4.39 Å². The number of hydrogen-bond acceptors (Lipinski definition) is 3. The van der Waals surface area contributed by atoms with Crippen LogP contribution in [0.1, 0.15) is 17.2 Å². The first kappa shape index (κ1) is 10.6. The topological polar surface area (TPSA) is 64.9 Å². The Labute approximate surface area is 92.9 Å². The van der Waals surface area contributed by atoms with Crippen LogP contribution in [0.15, 0.2) is 42.7 Å². The van der Waals surface area contributed by atoms with E-state index in [0.717, 1.165) is 0 Å². The van der Waals surface area contributed by atoms with Gasteiger partial charge in [-0.1, -0.05) is 12.1 Å². The first-order valence-electron chi connectivity index (χ1n) is 4.89. The fourth-order valence-electron chi connectivity index (χ4n) is 1.56. The molecule has 0 radical (unpaired) electrons. The van der Waals surface area contributed by atoms with Crippen molar-refractivity contribution in [3.05, 3.63) is 59.7 Å². The van der Waals surface area contributed by atoms with Crippen LogP contribution >= 0.6 is 0 Å². The zero-order valence-corrected chi connectivity index (χ0v) is 8.60. The number of benzene rings is 1. The molecule has 0 aliphatic heterocycles. The van der Waals surface area contributed by atoms with E-state index < -0.39 is 6.04 Å². The van der Waals surface area contributed by atoms with Crippen LogP contribution in [0.25, 0.3) is 0 Å². The van der Waals surface area contributed by atoms with Crippen molar-refractivity contribution in [3.63, 3.8) is 0 Å². The number of anilines is 1. The van der Waals surface area contributed by atoms with E-state index in [1.54, 1.807) is 30.6 Å². The molecule has 0 amide bonds. The fraction of sp³-hybridized carbons (Fsp3) is 0.0833. The lowest BCUT2D eigenvalue weighted by molar-refractivity contribution is 0.623. The van der Waals surface area contributed by atoms with E-state index in [9.17, 15) is 4.39 Å². The number of hydrogen-bond donors (Lipinski definition) is 2. The van der Waals surface area contributed by atoms with E-state index in [1.165, 1.54) is 12.1 Å². The lowest BCUT2D eigenvalue weighted by Crippen LogP contribution is -2.14. The van der Waals surface area contributed by atoms with Gasteiger partial charge in [0, 0.05) is 23.6 Å². The number of aromatic nitrogens is 1. The molecule has 1 unspecified atom stereocenters. The molecule has 0 bridgehead atoms. The first-order chi connectivity index (χ1) is 7.68. The Morgan fingerprint density at radius 1 is 1.25 bits per heavy atom. The molecule has 2 rings (SSSR count). The van der Waals surface area contributed by atoms with Gasteiger partial charge in [-0.05, 0) is 23.8 Å². The second-order valence-electron chi connectivity index (χ2n) is 3.54. The summed E-state index contributed by atoms with van der Waals surface area (Å²) in [4.78, 5) is 3.96. The molecule has 0 saturated carbocycles. The van der Waals surface area contributed by atoms with E-state index in [-0.39, 0.29) is 5.82 Å². The molecule has 1 aromatic carbocycles. The van der Waals surface area contributed by atoms with Crippen molar-refractivity contribution < 1.29 is 4.39 Å². The minimum absolute atomic E-state index is 0.310. The second kappa shape index (κ2) is 4.28. The second-order valence-corrected chi connectivity index (χ2v) is 3.54. The zero-order valence-electron chi connectivity index (χ0n) is 8.60. The minimum Gasteiger partial charge on any atom is -0.398 e. The van der Waals surface area contributed by atoms with E-state index in [2.05, 4.69) is 4.98 Å². The molecule has 16 heavy (non-hydrogen) atoms. The smallest absolute Gasteiger partial charge is 0.123 e. The molecule has 0 fully saturated rings. The Morgan fingerprint density at radius 3 is 2.75 bits per heavy atom. The molecule has 4 N–H and O–H groups in total. The summed E-state index contributed by atoms with van der Waals surface area (Å²) >= 11 is 0. The summed E-state index contributed by atoms with van der Waals surface area (Å²) in [7, 11) is 0. The van der Waals surface area contributed by atoms with Crippen LogP contribution < -0.4 is 11.5 Å². The molecule has 0 spiro atoms. The minimum atomic E-state index is -0.454. The van der Waals surface area contributed by atoms with Gasteiger partial charge < -0.3 is 11.5 Å². The molecule has 2 aromatic rings. The molecule has 82 valence electrons. The van der Waals surface area contributed by atoms with Gasteiger partial charge >= 0.3 is 0 Å². The Bertz CT molecular complexity index is 499. The third kappa shape index (κ3) is 2.01. The molecular formula is C12H12FN3. The summed E-state index contributed by atoms with van der Waals surface area (Å²) in [6, 6.07) is 7.38. The number of halogens is 1. The largest absolute Gasteiger partial charge is 0.398 e. The molecule has 4 heteroatoms. The van der Waals surface area contributed by atoms with Crippen molar-refractivity contribution in [2.45, 2.75) is 6.04 Å². The molecule has 0 aliphatic carbocycles. The predicted octanol–water partition coefficient (Wildman–Crippen LogP) is 1.85. The average Bonchev–Trinajstić information content (AvgIpc) is 2.29. The van der Waals surface area contributed by atoms with Crippen molar-refractivity contribution in [1.29, 1.82) is 0 Å². The lowest BCUT2D eigenvalue weighted by atomic mass is 10.00. The Balaban J connectivity index is 2.39. The van der Waals surface area contributed by atoms with E-state index in [0.29, 0.717) is 16.8 Å². The fourth-order valence-corrected chi connectivity index (χ4v) is 1.56. The zero-order chi connectivity index (χ0) is 11.5. The van der Waals surface area contributed by atoms with E-state index in [4.69, 9.17) is 11.5 Å². The van der Waals surface area contributed by atoms with Gasteiger partial charge in [0.2, 0.25) is 0 Å². The van der Waals surface area contributed by atoms with Crippen molar-refractivity contribution in [2.75, 3.05) is 5.73 Å². The molecule has 0 saturated heterocycles. The van der Waals surface area contributed by atoms with Crippen LogP contribution in [0.2, 0.25) is 0 Å². The van der Waals surface area contributed by atoms with Crippen LogP contribution in [-0.2, 0) is 0 Å². The third-order valence-corrected chi connectivity index (χ3v) is 2.43. The summed E-state index contributed by atoms with van der Waals surface area (Å²) in [5.74, 6) is -0.310. The van der Waals surface area contributed by atoms with Crippen molar-refractivity contribution in [3.8, 4) is 0 Å². The molecule has 0 aliphatic rings. The third-order valence-electron chi connectivity index (χ3n) is 2.43. The number of nitrogens with two attached hydrogens (primary N) is 2. The van der Waals surface area contributed by atoms with Crippen LogP contribution in [-0.4, -0.2) is 4.98 Å². The van der Waals surface area contributed by atoms with Crippen LogP contribution in [0, 0.1) is 5.82 Å². The molecule has 1 heterocycles. The summed E-state index contributed by atoms with van der Waals surface area (Å²) in [5, 5.41) is 0.